The van der Waals surface area contributed by atoms with Crippen molar-refractivity contribution in [1.82, 2.24) is 0 Å². The van der Waals surface area contributed by atoms with Crippen LogP contribution < -0.4 is 0 Å². The molecule has 0 aromatic heterocycles. The van der Waals surface area contributed by atoms with Gasteiger partial charge in [0.2, 0.25) is 0 Å². The molecule has 0 atom stereocenters. The molecule has 4 heteroatoms. The topological polar surface area (TPSA) is 68.3 Å². The molecule has 0 N–H and O–H groups in total. The van der Waals surface area contributed by atoms with Crippen LogP contribution in [0.5, 0.6) is 0 Å². The van der Waals surface area contributed by atoms with Crippen molar-refractivity contribution in [3.63, 3.8) is 0 Å². The number of hydrogen-bond donors (Lipinski definition) is 0. The molecular weight excluding hydrogens is 172 g/mol. The normalized spacial score (nSPS) is 7.85. The minimum atomic E-state index is -0.239. The van der Waals surface area contributed by atoms with Gasteiger partial charge in [-0.3, -0.25) is 19.2 Å². The first-order valence-corrected chi connectivity index (χ1v) is 4.08. The lowest BCUT2D eigenvalue weighted by atomic mass is 10.1. The van der Waals surface area contributed by atoms with E-state index in [1.54, 1.807) is 6.92 Å². The highest BCUT2D eigenvalue weighted by molar-refractivity contribution is 6.37. The molecule has 0 amide bonds. The Bertz CT molecular complexity index is 178. The summed E-state index contributed by atoms with van der Waals surface area (Å²) in [5, 5.41) is 0. The van der Waals surface area contributed by atoms with Gasteiger partial charge in [-0.2, -0.15) is 0 Å². The monoisotopic (exact) mass is 186 g/mol. The number of rotatable bonds is 5. The molecule has 0 heterocycles. The number of carbonyl (C=O) groups is 4. The quantitative estimate of drug-likeness (QED) is 0.468. The van der Waals surface area contributed by atoms with Crippen molar-refractivity contribution in [1.29, 1.82) is 0 Å². The smallest absolute Gasteiger partial charge is 0.198 e. The van der Waals surface area contributed by atoms with Gasteiger partial charge in [-0.15, -0.1) is 0 Å². The van der Waals surface area contributed by atoms with Gasteiger partial charge < -0.3 is 0 Å². The van der Waals surface area contributed by atoms with Crippen LogP contribution in [0.1, 0.15) is 33.1 Å². The number of Topliss-reactive ketones (excluding diaryl/α,β-unsaturated/α-hetero) is 2. The van der Waals surface area contributed by atoms with Crippen LogP contribution in [0.2, 0.25) is 0 Å². The minimum Gasteiger partial charge on any atom is -0.295 e. The molecule has 0 aliphatic rings. The second kappa shape index (κ2) is 10.7. The molecule has 0 aliphatic heterocycles. The van der Waals surface area contributed by atoms with Gasteiger partial charge in [-0.05, 0) is 6.42 Å². The molecule has 0 unspecified atom stereocenters. The van der Waals surface area contributed by atoms with Gasteiger partial charge in [0.1, 0.15) is 0 Å². The SMILES string of the molecule is CCCC(=O)C(=O)CC.O=CC=O. The first-order valence-electron chi connectivity index (χ1n) is 4.08. The molecule has 13 heavy (non-hydrogen) atoms. The van der Waals surface area contributed by atoms with E-state index in [0.717, 1.165) is 6.42 Å². The van der Waals surface area contributed by atoms with E-state index in [2.05, 4.69) is 0 Å². The Morgan fingerprint density at radius 3 is 1.69 bits per heavy atom. The molecule has 0 fully saturated rings. The van der Waals surface area contributed by atoms with Crippen molar-refractivity contribution >= 4 is 24.1 Å². The lowest BCUT2D eigenvalue weighted by molar-refractivity contribution is -0.136. The number of ketones is 2. The second-order valence-corrected chi connectivity index (χ2v) is 2.22. The minimum absolute atomic E-state index is 0.194. The summed E-state index contributed by atoms with van der Waals surface area (Å²) < 4.78 is 0. The highest BCUT2D eigenvalue weighted by Crippen LogP contribution is 1.92. The highest BCUT2D eigenvalue weighted by atomic mass is 16.2. The maximum absolute atomic E-state index is 10.6. The Morgan fingerprint density at radius 1 is 1.00 bits per heavy atom. The third-order valence-corrected chi connectivity index (χ3v) is 1.16. The van der Waals surface area contributed by atoms with E-state index in [-0.39, 0.29) is 24.1 Å². The fourth-order valence-electron chi connectivity index (χ4n) is 0.564. The molecular formula is C9H14O4. The van der Waals surface area contributed by atoms with Crippen molar-refractivity contribution in [2.75, 3.05) is 0 Å². The fraction of sp³-hybridized carbons (Fsp3) is 0.556. The van der Waals surface area contributed by atoms with Gasteiger partial charge >= 0.3 is 0 Å². The van der Waals surface area contributed by atoms with Gasteiger partial charge in [0.25, 0.3) is 0 Å². The average Bonchev–Trinajstić information content (AvgIpc) is 2.17. The van der Waals surface area contributed by atoms with Crippen molar-refractivity contribution in [3.05, 3.63) is 0 Å². The molecule has 0 aromatic carbocycles. The maximum Gasteiger partial charge on any atom is 0.198 e. The van der Waals surface area contributed by atoms with Gasteiger partial charge in [0.05, 0.1) is 0 Å². The maximum atomic E-state index is 10.6. The molecule has 0 saturated heterocycles. The van der Waals surface area contributed by atoms with Crippen molar-refractivity contribution in [3.8, 4) is 0 Å². The van der Waals surface area contributed by atoms with Crippen LogP contribution in [-0.2, 0) is 19.2 Å². The molecule has 0 rings (SSSR count). The van der Waals surface area contributed by atoms with Crippen molar-refractivity contribution in [2.45, 2.75) is 33.1 Å². The standard InChI is InChI=1S/C7H12O2.C2H2O2/c1-3-5-7(9)6(8)4-2;3-1-2-4/h3-5H2,1-2H3;1-2H. The van der Waals surface area contributed by atoms with E-state index in [1.165, 1.54) is 0 Å². The Labute approximate surface area is 77.3 Å². The molecule has 0 spiro atoms. The van der Waals surface area contributed by atoms with Gasteiger partial charge in [-0.1, -0.05) is 13.8 Å². The molecule has 4 nitrogen and oxygen atoms in total. The zero-order chi connectivity index (χ0) is 10.7. The van der Waals surface area contributed by atoms with E-state index in [1.807, 2.05) is 6.92 Å². The van der Waals surface area contributed by atoms with E-state index in [0.29, 0.717) is 12.8 Å². The molecule has 0 bridgehead atoms. The molecule has 0 saturated carbocycles. The fourth-order valence-corrected chi connectivity index (χ4v) is 0.564. The first-order chi connectivity index (χ1) is 6.13. The largest absolute Gasteiger partial charge is 0.295 e. The molecule has 0 aromatic rings. The summed E-state index contributed by atoms with van der Waals surface area (Å²) in [7, 11) is 0. The number of carbonyl (C=O) groups excluding carboxylic acids is 4. The van der Waals surface area contributed by atoms with Crippen molar-refractivity contribution in [2.24, 2.45) is 0 Å². The van der Waals surface area contributed by atoms with Crippen LogP contribution in [0, 0.1) is 0 Å². The van der Waals surface area contributed by atoms with Crippen LogP contribution in [0.25, 0.3) is 0 Å². The van der Waals surface area contributed by atoms with Crippen molar-refractivity contribution < 1.29 is 19.2 Å². The van der Waals surface area contributed by atoms with Gasteiger partial charge in [0, 0.05) is 12.8 Å². The number of aldehydes is 2. The summed E-state index contributed by atoms with van der Waals surface area (Å²) in [6, 6.07) is 0. The van der Waals surface area contributed by atoms with E-state index >= 15 is 0 Å². The Morgan fingerprint density at radius 2 is 1.46 bits per heavy atom. The van der Waals surface area contributed by atoms with Crippen LogP contribution in [0.4, 0.5) is 0 Å². The summed E-state index contributed by atoms with van der Waals surface area (Å²) >= 11 is 0. The van der Waals surface area contributed by atoms with Crippen LogP contribution >= 0.6 is 0 Å². The second-order valence-electron chi connectivity index (χ2n) is 2.22. The van der Waals surface area contributed by atoms with E-state index < -0.39 is 0 Å². The van der Waals surface area contributed by atoms with Crippen LogP contribution in [0.15, 0.2) is 0 Å². The Kier molecular flexibility index (Phi) is 11.7. The highest BCUT2D eigenvalue weighted by Gasteiger charge is 2.07. The van der Waals surface area contributed by atoms with Crippen LogP contribution in [0.3, 0.4) is 0 Å². The third-order valence-electron chi connectivity index (χ3n) is 1.16. The Balaban J connectivity index is 0. The third kappa shape index (κ3) is 10.7. The lowest BCUT2D eigenvalue weighted by Gasteiger charge is -1.91. The first kappa shape index (κ1) is 14.2. The van der Waals surface area contributed by atoms with E-state index in [9.17, 15) is 9.59 Å². The predicted molar refractivity (Wildman–Crippen MR) is 47.3 cm³/mol. The molecule has 0 aliphatic carbocycles. The summed E-state index contributed by atoms with van der Waals surface area (Å²) in [4.78, 5) is 38.8. The summed E-state index contributed by atoms with van der Waals surface area (Å²) in [6.45, 7) is 3.59. The Hall–Kier alpha value is -1.32. The van der Waals surface area contributed by atoms with Crippen LogP contribution in [-0.4, -0.2) is 24.1 Å². The van der Waals surface area contributed by atoms with Gasteiger partial charge in [0.15, 0.2) is 24.1 Å². The lowest BCUT2D eigenvalue weighted by Crippen LogP contribution is -2.10. The summed E-state index contributed by atoms with van der Waals surface area (Å²) in [5.41, 5.74) is 0. The van der Waals surface area contributed by atoms with E-state index in [4.69, 9.17) is 9.59 Å². The summed E-state index contributed by atoms with van der Waals surface area (Å²) in [5.74, 6) is -0.461. The number of hydrogen-bond acceptors (Lipinski definition) is 4. The zero-order valence-corrected chi connectivity index (χ0v) is 7.91. The average molecular weight is 186 g/mol. The summed E-state index contributed by atoms with van der Waals surface area (Å²) in [6.07, 6.45) is 1.91. The predicted octanol–water partition coefficient (Wildman–Crippen LogP) is 0.719. The van der Waals surface area contributed by atoms with Gasteiger partial charge in [-0.25, -0.2) is 0 Å². The molecule has 74 valence electrons. The zero-order valence-electron chi connectivity index (χ0n) is 7.91. The molecule has 0 radical (unpaired) electrons.